The first kappa shape index (κ1) is 15.2. The quantitative estimate of drug-likeness (QED) is 0.915. The summed E-state index contributed by atoms with van der Waals surface area (Å²) < 4.78 is 5.29. The van der Waals surface area contributed by atoms with Gasteiger partial charge < -0.3 is 19.9 Å². The summed E-state index contributed by atoms with van der Waals surface area (Å²) >= 11 is 0. The van der Waals surface area contributed by atoms with Crippen LogP contribution in [0.1, 0.15) is 12.8 Å². The molecule has 1 amide bonds. The number of nitrogens with zero attached hydrogens (tertiary/aromatic N) is 2. The third kappa shape index (κ3) is 3.35. The molecule has 1 aromatic carbocycles. The highest BCUT2D eigenvalue weighted by Gasteiger charge is 2.28. The third-order valence-corrected chi connectivity index (χ3v) is 4.70. The summed E-state index contributed by atoms with van der Waals surface area (Å²) in [6.45, 7) is 5.37. The number of carbonyl (C=O) groups excluding carboxylic acids is 1. The van der Waals surface area contributed by atoms with Crippen molar-refractivity contribution >= 4 is 11.6 Å². The largest absolute Gasteiger partial charge is 0.497 e. The van der Waals surface area contributed by atoms with Crippen LogP contribution in [0.4, 0.5) is 5.69 Å². The van der Waals surface area contributed by atoms with E-state index in [0.717, 1.165) is 57.9 Å². The maximum Gasteiger partial charge on any atom is 0.225 e. The van der Waals surface area contributed by atoms with Crippen molar-refractivity contribution in [3.8, 4) is 5.75 Å². The Morgan fingerprint density at radius 3 is 2.59 bits per heavy atom. The molecule has 5 nitrogen and oxygen atoms in total. The van der Waals surface area contributed by atoms with E-state index in [0.29, 0.717) is 5.91 Å². The monoisotopic (exact) mass is 303 g/mol. The number of ether oxygens (including phenoxy) is 1. The van der Waals surface area contributed by atoms with Crippen molar-refractivity contribution in [2.24, 2.45) is 5.92 Å². The molecule has 0 atom stereocenters. The predicted molar refractivity (Wildman–Crippen MR) is 87.4 cm³/mol. The Labute approximate surface area is 132 Å². The number of hydrogen-bond donors (Lipinski definition) is 1. The molecule has 2 aliphatic heterocycles. The minimum absolute atomic E-state index is 0.226. The lowest BCUT2D eigenvalue weighted by Crippen LogP contribution is -2.51. The van der Waals surface area contributed by atoms with E-state index < -0.39 is 0 Å². The van der Waals surface area contributed by atoms with Gasteiger partial charge in [0.25, 0.3) is 0 Å². The summed E-state index contributed by atoms with van der Waals surface area (Å²) in [5, 5.41) is 3.32. The summed E-state index contributed by atoms with van der Waals surface area (Å²) in [5.41, 5.74) is 1.17. The standard InChI is InChI=1S/C17H25N3O2/c1-22-16-4-2-3-15(13-16)19-9-11-20(12-10-19)17(21)14-5-7-18-8-6-14/h2-4,13-14,18H,5-12H2,1H3. The minimum atomic E-state index is 0.226. The van der Waals surface area contributed by atoms with Gasteiger partial charge in [-0.15, -0.1) is 0 Å². The molecule has 0 bridgehead atoms. The average Bonchev–Trinajstić information content (AvgIpc) is 2.62. The highest BCUT2D eigenvalue weighted by molar-refractivity contribution is 5.79. The van der Waals surface area contributed by atoms with Crippen molar-refractivity contribution in [3.05, 3.63) is 24.3 Å². The Balaban J connectivity index is 1.56. The molecule has 2 fully saturated rings. The van der Waals surface area contributed by atoms with Gasteiger partial charge in [-0.25, -0.2) is 0 Å². The van der Waals surface area contributed by atoms with Crippen molar-refractivity contribution < 1.29 is 9.53 Å². The van der Waals surface area contributed by atoms with Crippen molar-refractivity contribution in [1.29, 1.82) is 0 Å². The second kappa shape index (κ2) is 7.01. The van der Waals surface area contributed by atoms with Gasteiger partial charge in [0.2, 0.25) is 5.91 Å². The van der Waals surface area contributed by atoms with Crippen molar-refractivity contribution in [1.82, 2.24) is 10.2 Å². The summed E-state index contributed by atoms with van der Waals surface area (Å²) in [6.07, 6.45) is 1.96. The van der Waals surface area contributed by atoms with E-state index in [2.05, 4.69) is 22.3 Å². The van der Waals surface area contributed by atoms with Crippen molar-refractivity contribution in [3.63, 3.8) is 0 Å². The number of anilines is 1. The molecule has 2 heterocycles. The van der Waals surface area contributed by atoms with Crippen LogP contribution in [0, 0.1) is 5.92 Å². The highest BCUT2D eigenvalue weighted by Crippen LogP contribution is 2.23. The zero-order valence-corrected chi connectivity index (χ0v) is 13.3. The van der Waals surface area contributed by atoms with E-state index in [1.54, 1.807) is 7.11 Å². The van der Waals surface area contributed by atoms with Crippen molar-refractivity contribution in [2.75, 3.05) is 51.3 Å². The lowest BCUT2D eigenvalue weighted by atomic mass is 9.96. The normalized spacial score (nSPS) is 20.0. The fourth-order valence-corrected chi connectivity index (χ4v) is 3.32. The first-order valence-electron chi connectivity index (χ1n) is 8.16. The van der Waals surface area contributed by atoms with E-state index in [-0.39, 0.29) is 5.92 Å². The fraction of sp³-hybridized carbons (Fsp3) is 0.588. The van der Waals surface area contributed by atoms with Crippen LogP contribution < -0.4 is 15.0 Å². The highest BCUT2D eigenvalue weighted by atomic mass is 16.5. The Hall–Kier alpha value is -1.75. The van der Waals surface area contributed by atoms with Crippen LogP contribution in [0.25, 0.3) is 0 Å². The number of hydrogen-bond acceptors (Lipinski definition) is 4. The number of nitrogens with one attached hydrogen (secondary N) is 1. The van der Waals surface area contributed by atoms with Crippen molar-refractivity contribution in [2.45, 2.75) is 12.8 Å². The number of carbonyl (C=O) groups is 1. The maximum absolute atomic E-state index is 12.6. The van der Waals surface area contributed by atoms with E-state index in [9.17, 15) is 4.79 Å². The Bertz CT molecular complexity index is 506. The number of piperazine rings is 1. The molecule has 0 saturated carbocycles. The summed E-state index contributed by atoms with van der Waals surface area (Å²) in [7, 11) is 1.69. The minimum Gasteiger partial charge on any atom is -0.497 e. The molecule has 120 valence electrons. The van der Waals surface area contributed by atoms with Crippen LogP contribution >= 0.6 is 0 Å². The predicted octanol–water partition coefficient (Wildman–Crippen LogP) is 1.34. The molecule has 1 N–H and O–H groups in total. The smallest absolute Gasteiger partial charge is 0.225 e. The van der Waals surface area contributed by atoms with Crippen LogP contribution in [0.15, 0.2) is 24.3 Å². The molecular weight excluding hydrogens is 278 g/mol. The van der Waals surface area contributed by atoms with Gasteiger partial charge in [0.1, 0.15) is 5.75 Å². The van der Waals surface area contributed by atoms with Gasteiger partial charge in [-0.3, -0.25) is 4.79 Å². The third-order valence-electron chi connectivity index (χ3n) is 4.70. The first-order chi connectivity index (χ1) is 10.8. The van der Waals surface area contributed by atoms with Gasteiger partial charge in [0.05, 0.1) is 7.11 Å². The molecule has 0 aromatic heterocycles. The van der Waals surface area contributed by atoms with Crippen LogP contribution in [0.2, 0.25) is 0 Å². The van der Waals surface area contributed by atoms with Gasteiger partial charge in [-0.2, -0.15) is 0 Å². The van der Waals surface area contributed by atoms with Gasteiger partial charge in [0, 0.05) is 43.9 Å². The van der Waals surface area contributed by atoms with Gasteiger partial charge in [-0.1, -0.05) is 6.07 Å². The number of piperidine rings is 1. The molecule has 3 rings (SSSR count). The number of methoxy groups -OCH3 is 1. The Kier molecular flexibility index (Phi) is 4.83. The van der Waals surface area contributed by atoms with Gasteiger partial charge in [-0.05, 0) is 38.1 Å². The molecule has 1 aromatic rings. The number of amides is 1. The van der Waals surface area contributed by atoms with Gasteiger partial charge in [0.15, 0.2) is 0 Å². The molecule has 22 heavy (non-hydrogen) atoms. The van der Waals surface area contributed by atoms with E-state index >= 15 is 0 Å². The lowest BCUT2D eigenvalue weighted by molar-refractivity contribution is -0.136. The molecule has 0 radical (unpaired) electrons. The van der Waals surface area contributed by atoms with E-state index in [1.165, 1.54) is 5.69 Å². The van der Waals surface area contributed by atoms with Crippen LogP contribution in [0.3, 0.4) is 0 Å². The topological polar surface area (TPSA) is 44.8 Å². The van der Waals surface area contributed by atoms with Crippen LogP contribution in [0.5, 0.6) is 5.75 Å². The summed E-state index contributed by atoms with van der Waals surface area (Å²) in [4.78, 5) is 16.9. The second-order valence-corrected chi connectivity index (χ2v) is 6.04. The lowest BCUT2D eigenvalue weighted by Gasteiger charge is -2.38. The Morgan fingerprint density at radius 1 is 1.18 bits per heavy atom. The summed E-state index contributed by atoms with van der Waals surface area (Å²) in [5.74, 6) is 1.46. The summed E-state index contributed by atoms with van der Waals surface area (Å²) in [6, 6.07) is 8.14. The fourth-order valence-electron chi connectivity index (χ4n) is 3.32. The molecule has 0 aliphatic carbocycles. The second-order valence-electron chi connectivity index (χ2n) is 6.04. The molecule has 2 aliphatic rings. The molecule has 5 heteroatoms. The zero-order chi connectivity index (χ0) is 15.4. The maximum atomic E-state index is 12.6. The molecule has 0 unspecified atom stereocenters. The van der Waals surface area contributed by atoms with Gasteiger partial charge >= 0.3 is 0 Å². The molecule has 0 spiro atoms. The number of benzene rings is 1. The average molecular weight is 303 g/mol. The van der Waals surface area contributed by atoms with E-state index in [1.807, 2.05) is 17.0 Å². The van der Waals surface area contributed by atoms with Crippen LogP contribution in [-0.2, 0) is 4.79 Å². The van der Waals surface area contributed by atoms with E-state index in [4.69, 9.17) is 4.74 Å². The Morgan fingerprint density at radius 2 is 1.91 bits per heavy atom. The first-order valence-corrected chi connectivity index (χ1v) is 8.16. The molecule has 2 saturated heterocycles. The van der Waals surface area contributed by atoms with Crippen LogP contribution in [-0.4, -0.2) is 57.2 Å². The number of rotatable bonds is 3. The molecular formula is C17H25N3O2. The zero-order valence-electron chi connectivity index (χ0n) is 13.3. The SMILES string of the molecule is COc1cccc(N2CCN(C(=O)C3CCNCC3)CC2)c1.